The lowest BCUT2D eigenvalue weighted by molar-refractivity contribution is 0.0985. The lowest BCUT2D eigenvalue weighted by Gasteiger charge is -2.33. The van der Waals surface area contributed by atoms with Crippen molar-refractivity contribution in [2.45, 2.75) is 13.0 Å². The topological polar surface area (TPSA) is 69.8 Å². The molecule has 0 saturated carbocycles. The predicted octanol–water partition coefficient (Wildman–Crippen LogP) is 1.02. The molecule has 0 radical (unpaired) electrons. The molecule has 2 aromatic rings. The zero-order chi connectivity index (χ0) is 11.7. The third kappa shape index (κ3) is 1.91. The molecular weight excluding hydrogens is 218 g/mol. The van der Waals surface area contributed by atoms with Gasteiger partial charge in [-0.05, 0) is 13.0 Å². The summed E-state index contributed by atoms with van der Waals surface area (Å²) in [7, 11) is 0. The van der Waals surface area contributed by atoms with E-state index in [1.165, 1.54) is 0 Å². The van der Waals surface area contributed by atoms with E-state index in [9.17, 15) is 0 Å². The van der Waals surface area contributed by atoms with Gasteiger partial charge in [-0.15, -0.1) is 0 Å². The van der Waals surface area contributed by atoms with E-state index in [1.807, 2.05) is 12.1 Å². The van der Waals surface area contributed by atoms with Crippen LogP contribution in [0.4, 0.5) is 5.82 Å². The molecule has 1 unspecified atom stereocenters. The van der Waals surface area contributed by atoms with Crippen molar-refractivity contribution in [1.82, 2.24) is 20.4 Å². The molecular formula is C11H15N5O. The minimum absolute atomic E-state index is 0.372. The van der Waals surface area contributed by atoms with Crippen LogP contribution in [-0.4, -0.2) is 46.2 Å². The Morgan fingerprint density at radius 3 is 3.12 bits per heavy atom. The smallest absolute Gasteiger partial charge is 0.125 e. The van der Waals surface area contributed by atoms with Crippen LogP contribution in [0.2, 0.25) is 0 Å². The Balaban J connectivity index is 1.84. The second-order valence-corrected chi connectivity index (χ2v) is 4.22. The molecule has 1 atom stereocenters. The number of nitrogens with zero attached hydrogens (tertiary/aromatic N) is 3. The van der Waals surface area contributed by atoms with E-state index in [0.29, 0.717) is 6.04 Å². The molecule has 0 aliphatic carbocycles. The summed E-state index contributed by atoms with van der Waals surface area (Å²) in [4.78, 5) is 2.27. The average Bonchev–Trinajstić information content (AvgIpc) is 3.00. The largest absolute Gasteiger partial charge is 0.377 e. The van der Waals surface area contributed by atoms with E-state index >= 15 is 0 Å². The molecule has 2 aromatic heterocycles. The molecule has 1 saturated heterocycles. The summed E-state index contributed by atoms with van der Waals surface area (Å²) in [5, 5.41) is 14.2. The Morgan fingerprint density at radius 2 is 2.35 bits per heavy atom. The molecule has 6 heteroatoms. The van der Waals surface area contributed by atoms with Gasteiger partial charge in [-0.25, -0.2) is 0 Å². The van der Waals surface area contributed by atoms with Crippen LogP contribution >= 0.6 is 0 Å². The summed E-state index contributed by atoms with van der Waals surface area (Å²) < 4.78 is 5.42. The van der Waals surface area contributed by atoms with Crippen molar-refractivity contribution in [3.63, 3.8) is 0 Å². The predicted molar refractivity (Wildman–Crippen MR) is 63.8 cm³/mol. The number of morpholine rings is 1. The highest BCUT2D eigenvalue weighted by Gasteiger charge is 2.21. The first-order valence-electron chi connectivity index (χ1n) is 5.74. The number of hydrogen-bond donors (Lipinski definition) is 2. The summed E-state index contributed by atoms with van der Waals surface area (Å²) in [6, 6.07) is 4.30. The Labute approximate surface area is 99.0 Å². The van der Waals surface area contributed by atoms with Crippen LogP contribution in [0.5, 0.6) is 0 Å². The van der Waals surface area contributed by atoms with Crippen molar-refractivity contribution < 1.29 is 4.74 Å². The van der Waals surface area contributed by atoms with E-state index in [-0.39, 0.29) is 0 Å². The minimum Gasteiger partial charge on any atom is -0.377 e. The quantitative estimate of drug-likeness (QED) is 0.812. The lowest BCUT2D eigenvalue weighted by Crippen LogP contribution is -2.43. The van der Waals surface area contributed by atoms with Crippen molar-refractivity contribution in [2.24, 2.45) is 0 Å². The zero-order valence-corrected chi connectivity index (χ0v) is 9.68. The second kappa shape index (κ2) is 4.21. The molecule has 6 nitrogen and oxygen atoms in total. The monoisotopic (exact) mass is 233 g/mol. The third-order valence-corrected chi connectivity index (χ3v) is 3.00. The first-order valence-corrected chi connectivity index (χ1v) is 5.74. The van der Waals surface area contributed by atoms with Gasteiger partial charge in [0, 0.05) is 18.8 Å². The number of H-pyrrole nitrogens is 2. The first kappa shape index (κ1) is 10.3. The molecule has 0 amide bonds. The number of nitrogens with one attached hydrogen (secondary N) is 2. The molecule has 1 aliphatic heterocycles. The van der Waals surface area contributed by atoms with Crippen LogP contribution in [0.1, 0.15) is 6.92 Å². The Bertz CT molecular complexity index is 478. The van der Waals surface area contributed by atoms with E-state index in [1.54, 1.807) is 6.20 Å². The van der Waals surface area contributed by atoms with Gasteiger partial charge >= 0.3 is 0 Å². The van der Waals surface area contributed by atoms with Gasteiger partial charge in [0.2, 0.25) is 0 Å². The number of aromatic nitrogens is 4. The Kier molecular flexibility index (Phi) is 2.56. The molecule has 2 N–H and O–H groups in total. The molecule has 17 heavy (non-hydrogen) atoms. The Hall–Kier alpha value is -1.82. The fourth-order valence-electron chi connectivity index (χ4n) is 2.08. The van der Waals surface area contributed by atoms with Gasteiger partial charge in [-0.1, -0.05) is 0 Å². The minimum atomic E-state index is 0.372. The molecule has 0 spiro atoms. The van der Waals surface area contributed by atoms with Gasteiger partial charge in [0.05, 0.1) is 19.3 Å². The summed E-state index contributed by atoms with van der Waals surface area (Å²) in [5.41, 5.74) is 1.72. The first-order chi connectivity index (χ1) is 8.34. The summed E-state index contributed by atoms with van der Waals surface area (Å²) in [5.74, 6) is 1.03. The number of rotatable bonds is 2. The Morgan fingerprint density at radius 1 is 1.41 bits per heavy atom. The van der Waals surface area contributed by atoms with E-state index in [4.69, 9.17) is 4.74 Å². The lowest BCUT2D eigenvalue weighted by atomic mass is 10.2. The summed E-state index contributed by atoms with van der Waals surface area (Å²) in [6.07, 6.45) is 1.79. The molecule has 0 bridgehead atoms. The van der Waals surface area contributed by atoms with Crippen molar-refractivity contribution >= 4 is 5.82 Å². The zero-order valence-electron chi connectivity index (χ0n) is 9.68. The standard InChI is InChI=1S/C11H15N5O/c1-8-7-17-5-4-16(8)11-6-10(14-15-11)9-2-3-12-13-9/h2-3,6,8H,4-5,7H2,1H3,(H,12,13)(H,14,15). The van der Waals surface area contributed by atoms with Gasteiger partial charge in [0.1, 0.15) is 17.2 Å². The van der Waals surface area contributed by atoms with Crippen LogP contribution in [0, 0.1) is 0 Å². The number of ether oxygens (including phenoxy) is 1. The van der Waals surface area contributed by atoms with Crippen molar-refractivity contribution in [1.29, 1.82) is 0 Å². The molecule has 90 valence electrons. The van der Waals surface area contributed by atoms with Gasteiger partial charge in [-0.2, -0.15) is 10.2 Å². The van der Waals surface area contributed by atoms with Crippen molar-refractivity contribution in [2.75, 3.05) is 24.7 Å². The van der Waals surface area contributed by atoms with Crippen molar-refractivity contribution in [3.8, 4) is 11.4 Å². The maximum Gasteiger partial charge on any atom is 0.125 e. The maximum absolute atomic E-state index is 5.42. The molecule has 0 aromatic carbocycles. The van der Waals surface area contributed by atoms with Crippen LogP contribution in [0.3, 0.4) is 0 Å². The number of aromatic amines is 2. The van der Waals surface area contributed by atoms with E-state index in [2.05, 4.69) is 32.2 Å². The van der Waals surface area contributed by atoms with Gasteiger partial charge in [-0.3, -0.25) is 10.2 Å². The van der Waals surface area contributed by atoms with Gasteiger partial charge < -0.3 is 9.64 Å². The average molecular weight is 233 g/mol. The highest BCUT2D eigenvalue weighted by atomic mass is 16.5. The highest BCUT2D eigenvalue weighted by molar-refractivity contribution is 5.59. The molecule has 1 fully saturated rings. The normalized spacial score (nSPS) is 20.8. The van der Waals surface area contributed by atoms with Gasteiger partial charge in [0.15, 0.2) is 0 Å². The summed E-state index contributed by atoms with van der Waals surface area (Å²) >= 11 is 0. The molecule has 3 rings (SSSR count). The highest BCUT2D eigenvalue weighted by Crippen LogP contribution is 2.22. The maximum atomic E-state index is 5.42. The number of hydrogen-bond acceptors (Lipinski definition) is 4. The van der Waals surface area contributed by atoms with Crippen LogP contribution < -0.4 is 4.90 Å². The van der Waals surface area contributed by atoms with Crippen LogP contribution in [0.15, 0.2) is 18.3 Å². The molecule has 3 heterocycles. The second-order valence-electron chi connectivity index (χ2n) is 4.22. The van der Waals surface area contributed by atoms with Gasteiger partial charge in [0.25, 0.3) is 0 Å². The fraction of sp³-hybridized carbons (Fsp3) is 0.455. The SMILES string of the molecule is CC1COCCN1c1cc(-c2cc[nH]n2)n[nH]1. The van der Waals surface area contributed by atoms with E-state index in [0.717, 1.165) is 37.0 Å². The molecule has 1 aliphatic rings. The number of anilines is 1. The van der Waals surface area contributed by atoms with Crippen LogP contribution in [-0.2, 0) is 4.74 Å². The van der Waals surface area contributed by atoms with Crippen molar-refractivity contribution in [3.05, 3.63) is 18.3 Å². The van der Waals surface area contributed by atoms with E-state index < -0.39 is 0 Å². The fourth-order valence-corrected chi connectivity index (χ4v) is 2.08. The van der Waals surface area contributed by atoms with Crippen LogP contribution in [0.25, 0.3) is 11.4 Å². The summed E-state index contributed by atoms with van der Waals surface area (Å²) in [6.45, 7) is 4.56. The third-order valence-electron chi connectivity index (χ3n) is 3.00.